The number of sulfonamides is 1. The lowest BCUT2D eigenvalue weighted by Crippen LogP contribution is -2.36. The summed E-state index contributed by atoms with van der Waals surface area (Å²) >= 11 is 0. The van der Waals surface area contributed by atoms with Crippen LogP contribution in [-0.2, 0) is 23.0 Å². The standard InChI is InChI=1S/C23H21FN2O3S/c1-25(22-12-5-4-11-21(22)24)30(28,29)20-10-6-9-18(15-20)23(27)26-14-13-17-7-2-3-8-19(17)16-26/h2-12,15H,13-14,16H2,1H3. The lowest BCUT2D eigenvalue weighted by molar-refractivity contribution is 0.0734. The van der Waals surface area contributed by atoms with E-state index >= 15 is 0 Å². The fraction of sp³-hybridized carbons (Fsp3) is 0.174. The Morgan fingerprint density at radius 3 is 2.43 bits per heavy atom. The van der Waals surface area contributed by atoms with Crippen LogP contribution in [0.5, 0.6) is 0 Å². The lowest BCUT2D eigenvalue weighted by atomic mass is 9.99. The molecule has 0 N–H and O–H groups in total. The Labute approximate surface area is 175 Å². The summed E-state index contributed by atoms with van der Waals surface area (Å²) in [7, 11) is -2.73. The van der Waals surface area contributed by atoms with Gasteiger partial charge in [0, 0.05) is 25.7 Å². The first kappa shape index (κ1) is 20.1. The number of carbonyl (C=O) groups is 1. The van der Waals surface area contributed by atoms with Crippen LogP contribution in [0.2, 0.25) is 0 Å². The van der Waals surface area contributed by atoms with Gasteiger partial charge in [0.05, 0.1) is 10.6 Å². The second-order valence-electron chi connectivity index (χ2n) is 7.20. The summed E-state index contributed by atoms with van der Waals surface area (Å²) in [6, 6.07) is 19.6. The highest BCUT2D eigenvalue weighted by atomic mass is 32.2. The maximum atomic E-state index is 14.1. The maximum absolute atomic E-state index is 14.1. The van der Waals surface area contributed by atoms with E-state index in [1.54, 1.807) is 17.0 Å². The van der Waals surface area contributed by atoms with Crippen molar-refractivity contribution in [3.05, 3.63) is 95.3 Å². The van der Waals surface area contributed by atoms with Crippen molar-refractivity contribution in [2.24, 2.45) is 0 Å². The van der Waals surface area contributed by atoms with E-state index in [2.05, 4.69) is 6.07 Å². The van der Waals surface area contributed by atoms with Crippen LogP contribution < -0.4 is 4.31 Å². The fourth-order valence-corrected chi connectivity index (χ4v) is 4.89. The maximum Gasteiger partial charge on any atom is 0.264 e. The normalized spacial score (nSPS) is 13.6. The first-order chi connectivity index (χ1) is 14.4. The predicted molar refractivity (Wildman–Crippen MR) is 113 cm³/mol. The van der Waals surface area contributed by atoms with E-state index in [0.29, 0.717) is 13.1 Å². The van der Waals surface area contributed by atoms with Crippen molar-refractivity contribution in [1.82, 2.24) is 4.90 Å². The molecule has 0 saturated heterocycles. The van der Waals surface area contributed by atoms with Gasteiger partial charge >= 0.3 is 0 Å². The Hall–Kier alpha value is -3.19. The SMILES string of the molecule is CN(c1ccccc1F)S(=O)(=O)c1cccc(C(=O)N2CCc3ccccc3C2)c1. The first-order valence-corrected chi connectivity index (χ1v) is 11.0. The number of amides is 1. The number of carbonyl (C=O) groups excluding carboxylic acids is 1. The van der Waals surface area contributed by atoms with Crippen LogP contribution in [0.15, 0.2) is 77.7 Å². The van der Waals surface area contributed by atoms with Gasteiger partial charge < -0.3 is 4.90 Å². The first-order valence-electron chi connectivity index (χ1n) is 9.57. The third-order valence-corrected chi connectivity index (χ3v) is 7.12. The summed E-state index contributed by atoms with van der Waals surface area (Å²) in [5, 5.41) is 0. The van der Waals surface area contributed by atoms with E-state index in [0.717, 1.165) is 16.3 Å². The van der Waals surface area contributed by atoms with Gasteiger partial charge in [-0.15, -0.1) is 0 Å². The molecule has 7 heteroatoms. The highest BCUT2D eigenvalue weighted by molar-refractivity contribution is 7.92. The van der Waals surface area contributed by atoms with Crippen molar-refractivity contribution in [1.29, 1.82) is 0 Å². The Balaban J connectivity index is 1.61. The Morgan fingerprint density at radius 1 is 0.967 bits per heavy atom. The van der Waals surface area contributed by atoms with Crippen molar-refractivity contribution >= 4 is 21.6 Å². The van der Waals surface area contributed by atoms with E-state index in [-0.39, 0.29) is 22.1 Å². The van der Waals surface area contributed by atoms with Crippen LogP contribution in [0.4, 0.5) is 10.1 Å². The number of anilines is 1. The molecule has 0 unspecified atom stereocenters. The molecular weight excluding hydrogens is 403 g/mol. The molecule has 4 rings (SSSR count). The quantitative estimate of drug-likeness (QED) is 0.639. The molecule has 0 spiro atoms. The van der Waals surface area contributed by atoms with E-state index in [1.807, 2.05) is 18.2 Å². The molecule has 0 aromatic heterocycles. The number of nitrogens with zero attached hydrogens (tertiary/aromatic N) is 2. The number of hydrogen-bond donors (Lipinski definition) is 0. The van der Waals surface area contributed by atoms with Gasteiger partial charge in [0.25, 0.3) is 15.9 Å². The van der Waals surface area contributed by atoms with Crippen molar-refractivity contribution in [3.8, 4) is 0 Å². The average Bonchev–Trinajstić information content (AvgIpc) is 2.78. The Kier molecular flexibility index (Phi) is 5.30. The van der Waals surface area contributed by atoms with Crippen molar-refractivity contribution in [2.75, 3.05) is 17.9 Å². The predicted octanol–water partition coefficient (Wildman–Crippen LogP) is 3.85. The zero-order chi connectivity index (χ0) is 21.3. The lowest BCUT2D eigenvalue weighted by Gasteiger charge is -2.29. The molecule has 0 radical (unpaired) electrons. The van der Waals surface area contributed by atoms with Crippen LogP contribution in [-0.4, -0.2) is 32.8 Å². The molecule has 5 nitrogen and oxygen atoms in total. The molecule has 3 aromatic rings. The number of para-hydroxylation sites is 1. The molecule has 1 heterocycles. The summed E-state index contributed by atoms with van der Waals surface area (Å²) in [4.78, 5) is 14.7. The minimum atomic E-state index is -4.03. The van der Waals surface area contributed by atoms with Gasteiger partial charge in [-0.2, -0.15) is 0 Å². The summed E-state index contributed by atoms with van der Waals surface area (Å²) in [6.07, 6.45) is 0.760. The Bertz CT molecular complexity index is 1210. The molecule has 1 aliphatic heterocycles. The van der Waals surface area contributed by atoms with E-state index in [9.17, 15) is 17.6 Å². The largest absolute Gasteiger partial charge is 0.334 e. The van der Waals surface area contributed by atoms with E-state index in [4.69, 9.17) is 0 Å². The molecule has 0 fully saturated rings. The van der Waals surface area contributed by atoms with Crippen LogP contribution in [0.3, 0.4) is 0 Å². The highest BCUT2D eigenvalue weighted by Gasteiger charge is 2.26. The van der Waals surface area contributed by atoms with E-state index < -0.39 is 15.8 Å². The van der Waals surface area contributed by atoms with Crippen molar-refractivity contribution in [3.63, 3.8) is 0 Å². The Morgan fingerprint density at radius 2 is 1.67 bits per heavy atom. The number of halogens is 1. The molecule has 3 aromatic carbocycles. The van der Waals surface area contributed by atoms with Gasteiger partial charge in [-0.3, -0.25) is 9.10 Å². The smallest absolute Gasteiger partial charge is 0.264 e. The second kappa shape index (κ2) is 7.91. The molecule has 0 saturated carbocycles. The summed E-state index contributed by atoms with van der Waals surface area (Å²) in [5.74, 6) is -0.863. The zero-order valence-electron chi connectivity index (χ0n) is 16.5. The zero-order valence-corrected chi connectivity index (χ0v) is 17.3. The van der Waals surface area contributed by atoms with Gasteiger partial charge in [0.2, 0.25) is 0 Å². The van der Waals surface area contributed by atoms with Crippen LogP contribution >= 0.6 is 0 Å². The minimum Gasteiger partial charge on any atom is -0.334 e. The topological polar surface area (TPSA) is 57.7 Å². The van der Waals surface area contributed by atoms with Gasteiger partial charge in [-0.25, -0.2) is 12.8 Å². The number of hydrogen-bond acceptors (Lipinski definition) is 3. The van der Waals surface area contributed by atoms with Gasteiger partial charge in [0.15, 0.2) is 0 Å². The fourth-order valence-electron chi connectivity index (χ4n) is 3.64. The van der Waals surface area contributed by atoms with Crippen LogP contribution in [0, 0.1) is 5.82 Å². The monoisotopic (exact) mass is 424 g/mol. The summed E-state index contributed by atoms with van der Waals surface area (Å²) in [6.45, 7) is 1.06. The molecule has 1 amide bonds. The molecule has 0 atom stereocenters. The van der Waals surface area contributed by atoms with E-state index in [1.165, 1.54) is 49.0 Å². The molecule has 30 heavy (non-hydrogen) atoms. The van der Waals surface area contributed by atoms with Crippen molar-refractivity contribution < 1.29 is 17.6 Å². The minimum absolute atomic E-state index is 0.0538. The summed E-state index contributed by atoms with van der Waals surface area (Å²) in [5.41, 5.74) is 2.56. The van der Waals surface area contributed by atoms with Crippen LogP contribution in [0.1, 0.15) is 21.5 Å². The third kappa shape index (κ3) is 3.68. The number of rotatable bonds is 4. The van der Waals surface area contributed by atoms with Gasteiger partial charge in [-0.1, -0.05) is 42.5 Å². The number of benzene rings is 3. The third-order valence-electron chi connectivity index (χ3n) is 5.35. The molecule has 154 valence electrons. The molecule has 0 aliphatic carbocycles. The molecule has 1 aliphatic rings. The second-order valence-corrected chi connectivity index (χ2v) is 9.17. The molecule has 0 bridgehead atoms. The molecular formula is C23H21FN2O3S. The summed E-state index contributed by atoms with van der Waals surface area (Å²) < 4.78 is 41.1. The van der Waals surface area contributed by atoms with Gasteiger partial charge in [0.1, 0.15) is 5.82 Å². The van der Waals surface area contributed by atoms with Gasteiger partial charge in [-0.05, 0) is 47.9 Å². The average molecular weight is 424 g/mol. The van der Waals surface area contributed by atoms with Crippen molar-refractivity contribution in [2.45, 2.75) is 17.9 Å². The highest BCUT2D eigenvalue weighted by Crippen LogP contribution is 2.26. The number of fused-ring (bicyclic) bond motifs is 1. The van der Waals surface area contributed by atoms with Crippen LogP contribution in [0.25, 0.3) is 0 Å².